The van der Waals surface area contributed by atoms with Crippen LogP contribution in [0.25, 0.3) is 84.2 Å². The maximum Gasteiger partial charge on any atom is 0.146 e. The maximum absolute atomic E-state index is 5.48. The zero-order valence-corrected chi connectivity index (χ0v) is 31.2. The lowest BCUT2D eigenvalue weighted by molar-refractivity contribution is 0.695. The average molecular weight is 709 g/mol. The highest BCUT2D eigenvalue weighted by Crippen LogP contribution is 2.50. The van der Waals surface area contributed by atoms with Crippen LogP contribution in [-0.2, 0) is 0 Å². The van der Waals surface area contributed by atoms with Gasteiger partial charge in [0.05, 0.1) is 27.9 Å². The molecule has 8 aromatic rings. The number of fused-ring (bicyclic) bond motifs is 14. The molecule has 55 heavy (non-hydrogen) atoms. The molecule has 4 heteroatoms. The highest BCUT2D eigenvalue weighted by Gasteiger charge is 2.36. The first-order valence-corrected chi connectivity index (χ1v) is 19.1. The second kappa shape index (κ2) is 13.0. The molecular weight excluding hydrogens is 669 g/mol. The highest BCUT2D eigenvalue weighted by atomic mass is 15.1. The van der Waals surface area contributed by atoms with Gasteiger partial charge in [-0.25, -0.2) is 9.97 Å². The summed E-state index contributed by atoms with van der Waals surface area (Å²) >= 11 is 0. The van der Waals surface area contributed by atoms with Gasteiger partial charge in [-0.15, -0.1) is 0 Å². The van der Waals surface area contributed by atoms with Gasteiger partial charge in [-0.3, -0.25) is 8.97 Å². The summed E-state index contributed by atoms with van der Waals surface area (Å²) in [7, 11) is 0. The van der Waals surface area contributed by atoms with E-state index in [0.717, 1.165) is 60.9 Å². The van der Waals surface area contributed by atoms with E-state index in [9.17, 15) is 0 Å². The molecule has 3 aromatic heterocycles. The molecule has 10 rings (SSSR count). The van der Waals surface area contributed by atoms with Crippen molar-refractivity contribution in [1.29, 1.82) is 0 Å². The number of hydrogen-bond acceptors (Lipinski definition) is 2. The lowest BCUT2D eigenvalue weighted by atomic mass is 9.74. The van der Waals surface area contributed by atoms with Gasteiger partial charge in [0, 0.05) is 39.4 Å². The third-order valence-electron chi connectivity index (χ3n) is 11.4. The molecule has 4 nitrogen and oxygen atoms in total. The number of pyridine rings is 1. The maximum atomic E-state index is 5.48. The van der Waals surface area contributed by atoms with Crippen LogP contribution in [0.1, 0.15) is 49.7 Å². The SMILES string of the molecule is C=C(/C=c1/ccc(-c2ccc3c(c2)c2ccccc2n2c4c(nc32)-c2ccccc2C2C=CC=CC42)c/c1=C/C)c1nc2ccccc2n1/C(C)=C/C=C\C. The van der Waals surface area contributed by atoms with E-state index in [1.807, 2.05) is 19.1 Å². The molecule has 0 saturated carbocycles. The number of allylic oxidation sites excluding steroid dienone is 9. The number of benzene rings is 5. The summed E-state index contributed by atoms with van der Waals surface area (Å²) in [6.45, 7) is 10.8. The first kappa shape index (κ1) is 32.8. The minimum Gasteiger partial charge on any atom is -0.296 e. The Kier molecular flexibility index (Phi) is 7.74. The average Bonchev–Trinajstić information content (AvgIpc) is 3.84. The van der Waals surface area contributed by atoms with Crippen molar-refractivity contribution in [2.45, 2.75) is 32.6 Å². The molecule has 2 aliphatic carbocycles. The monoisotopic (exact) mass is 708 g/mol. The number of imidazole rings is 2. The van der Waals surface area contributed by atoms with Crippen molar-refractivity contribution in [1.82, 2.24) is 18.9 Å². The molecule has 0 amide bonds. The van der Waals surface area contributed by atoms with Crippen LogP contribution in [0.2, 0.25) is 0 Å². The van der Waals surface area contributed by atoms with Crippen LogP contribution in [-0.4, -0.2) is 18.9 Å². The Bertz CT molecular complexity index is 3160. The lowest BCUT2D eigenvalue weighted by Crippen LogP contribution is -2.24. The smallest absolute Gasteiger partial charge is 0.146 e. The van der Waals surface area contributed by atoms with Crippen molar-refractivity contribution < 1.29 is 0 Å². The normalized spacial score (nSPS) is 17.2. The molecule has 0 aliphatic heterocycles. The fraction of sp³-hybridized carbons (Fsp3) is 0.0980. The first-order chi connectivity index (χ1) is 27.0. The first-order valence-electron chi connectivity index (χ1n) is 19.1. The lowest BCUT2D eigenvalue weighted by Gasteiger charge is -2.31. The number of hydrogen-bond donors (Lipinski definition) is 0. The van der Waals surface area contributed by atoms with Crippen molar-refractivity contribution in [2.24, 2.45) is 0 Å². The quantitative estimate of drug-likeness (QED) is 0.132. The second-order valence-electron chi connectivity index (χ2n) is 14.6. The van der Waals surface area contributed by atoms with E-state index in [-0.39, 0.29) is 11.8 Å². The van der Waals surface area contributed by atoms with Crippen LogP contribution in [0.15, 0.2) is 158 Å². The molecule has 5 aromatic carbocycles. The van der Waals surface area contributed by atoms with Gasteiger partial charge in [-0.2, -0.15) is 0 Å². The summed E-state index contributed by atoms with van der Waals surface area (Å²) in [5, 5.41) is 5.84. The van der Waals surface area contributed by atoms with Crippen LogP contribution >= 0.6 is 0 Å². The largest absolute Gasteiger partial charge is 0.296 e. The zero-order chi connectivity index (χ0) is 37.2. The third-order valence-corrected chi connectivity index (χ3v) is 11.4. The Labute approximate surface area is 320 Å². The van der Waals surface area contributed by atoms with E-state index >= 15 is 0 Å². The van der Waals surface area contributed by atoms with Crippen LogP contribution < -0.4 is 10.4 Å². The van der Waals surface area contributed by atoms with Gasteiger partial charge in [0.15, 0.2) is 0 Å². The molecule has 2 aliphatic rings. The van der Waals surface area contributed by atoms with Gasteiger partial charge in [-0.05, 0) is 102 Å². The topological polar surface area (TPSA) is 35.1 Å². The van der Waals surface area contributed by atoms with E-state index in [1.165, 1.54) is 38.7 Å². The predicted octanol–water partition coefficient (Wildman–Crippen LogP) is 11.4. The molecule has 0 saturated heterocycles. The summed E-state index contributed by atoms with van der Waals surface area (Å²) < 4.78 is 4.64. The molecule has 264 valence electrons. The van der Waals surface area contributed by atoms with Crippen LogP contribution in [0, 0.1) is 0 Å². The zero-order valence-electron chi connectivity index (χ0n) is 31.2. The van der Waals surface area contributed by atoms with Crippen molar-refractivity contribution in [3.63, 3.8) is 0 Å². The minimum atomic E-state index is 0.220. The van der Waals surface area contributed by atoms with E-state index in [1.54, 1.807) is 0 Å². The molecule has 0 fully saturated rings. The van der Waals surface area contributed by atoms with Gasteiger partial charge in [0.25, 0.3) is 0 Å². The second-order valence-corrected chi connectivity index (χ2v) is 14.6. The Balaban J connectivity index is 1.11. The molecular formula is C51H40N4. The fourth-order valence-corrected chi connectivity index (χ4v) is 8.87. The summed E-state index contributed by atoms with van der Waals surface area (Å²) in [5.41, 5.74) is 13.4. The minimum absolute atomic E-state index is 0.220. The van der Waals surface area contributed by atoms with Crippen molar-refractivity contribution in [3.05, 3.63) is 186 Å². The van der Waals surface area contributed by atoms with Crippen LogP contribution in [0.5, 0.6) is 0 Å². The van der Waals surface area contributed by atoms with Crippen molar-refractivity contribution in [3.8, 4) is 22.4 Å². The van der Waals surface area contributed by atoms with E-state index < -0.39 is 0 Å². The summed E-state index contributed by atoms with van der Waals surface area (Å²) in [6.07, 6.45) is 19.6. The number of nitrogens with zero attached hydrogens (tertiary/aromatic N) is 4. The standard InChI is InChI=1S/C51H40N4/c1-5-7-16-33(4)54-47-24-15-13-22-45(47)52-50(54)32(3)29-35-25-26-36(30-34(35)6-2)37-27-28-43-44(31-37)40-19-12-14-23-46(40)55-49-42-21-11-9-18-39(42)38-17-8-10-20-41(38)48(49)53-51(43)55/h5-31,39,42H,3H2,1-2,4H3/b7-5-,33-16+,34-6-,35-29-. The van der Waals surface area contributed by atoms with Gasteiger partial charge in [0.2, 0.25) is 0 Å². The van der Waals surface area contributed by atoms with Gasteiger partial charge in [-0.1, -0.05) is 122 Å². The summed E-state index contributed by atoms with van der Waals surface area (Å²) in [5.74, 6) is 1.35. The Morgan fingerprint density at radius 1 is 0.709 bits per heavy atom. The Morgan fingerprint density at radius 3 is 2.31 bits per heavy atom. The molecule has 2 atom stereocenters. The van der Waals surface area contributed by atoms with Crippen molar-refractivity contribution in [2.75, 3.05) is 0 Å². The number of rotatable bonds is 5. The molecule has 0 bridgehead atoms. The summed E-state index contributed by atoms with van der Waals surface area (Å²) in [6, 6.07) is 39.5. The Morgan fingerprint density at radius 2 is 1.45 bits per heavy atom. The predicted molar refractivity (Wildman–Crippen MR) is 232 cm³/mol. The van der Waals surface area contributed by atoms with Gasteiger partial charge >= 0.3 is 0 Å². The fourth-order valence-electron chi connectivity index (χ4n) is 8.87. The van der Waals surface area contributed by atoms with E-state index in [4.69, 9.17) is 9.97 Å². The van der Waals surface area contributed by atoms with Crippen LogP contribution in [0.3, 0.4) is 0 Å². The highest BCUT2D eigenvalue weighted by molar-refractivity contribution is 6.13. The van der Waals surface area contributed by atoms with Gasteiger partial charge in [0.1, 0.15) is 11.5 Å². The summed E-state index contributed by atoms with van der Waals surface area (Å²) in [4.78, 5) is 10.5. The Hall–Kier alpha value is -6.78. The molecule has 0 N–H and O–H groups in total. The van der Waals surface area contributed by atoms with E-state index in [0.29, 0.717) is 0 Å². The molecule has 0 spiro atoms. The molecule has 3 heterocycles. The molecule has 0 radical (unpaired) electrons. The third kappa shape index (κ3) is 5.13. The van der Waals surface area contributed by atoms with E-state index in [2.05, 4.69) is 181 Å². The number of aromatic nitrogens is 4. The molecule has 2 unspecified atom stereocenters. The number of para-hydroxylation sites is 3. The van der Waals surface area contributed by atoms with Gasteiger partial charge < -0.3 is 0 Å². The van der Waals surface area contributed by atoms with Crippen LogP contribution in [0.4, 0.5) is 0 Å². The van der Waals surface area contributed by atoms with Crippen molar-refractivity contribution >= 4 is 61.8 Å².